The molecule has 0 aliphatic carbocycles. The first-order valence-electron chi connectivity index (χ1n) is 14.1. The van der Waals surface area contributed by atoms with Crippen LogP contribution in [-0.2, 0) is 13.0 Å². The smallest absolute Gasteiger partial charge is 0.255 e. The Bertz CT molecular complexity index is 1700. The number of piperidine rings is 1. The predicted octanol–water partition coefficient (Wildman–Crippen LogP) is 4.89. The molecule has 0 atom stereocenters. The highest BCUT2D eigenvalue weighted by Gasteiger charge is 2.23. The van der Waals surface area contributed by atoms with Crippen LogP contribution in [-0.4, -0.2) is 62.5 Å². The number of anilines is 2. The Balaban J connectivity index is 1.03. The Labute approximate surface area is 237 Å². The second-order valence-corrected chi connectivity index (χ2v) is 10.8. The maximum atomic E-state index is 13.2. The lowest BCUT2D eigenvalue weighted by atomic mass is 10.1. The van der Waals surface area contributed by atoms with Crippen molar-refractivity contribution in [2.45, 2.75) is 31.8 Å². The molecule has 0 saturated carbocycles. The van der Waals surface area contributed by atoms with Crippen LogP contribution in [0, 0.1) is 0 Å². The first kappa shape index (κ1) is 25.3. The summed E-state index contributed by atoms with van der Waals surface area (Å²) in [5.41, 5.74) is 6.43. The van der Waals surface area contributed by atoms with Crippen molar-refractivity contribution in [1.29, 1.82) is 0 Å². The monoisotopic (exact) mass is 548 g/mol. The molecule has 0 radical (unpaired) electrons. The van der Waals surface area contributed by atoms with E-state index in [0.29, 0.717) is 24.8 Å². The molecule has 2 aromatic carbocycles. The maximum Gasteiger partial charge on any atom is 0.255 e. The Morgan fingerprint density at radius 3 is 2.88 bits per heavy atom. The second-order valence-electron chi connectivity index (χ2n) is 10.8. The predicted molar refractivity (Wildman–Crippen MR) is 158 cm³/mol. The van der Waals surface area contributed by atoms with Crippen LogP contribution in [0.4, 0.5) is 11.5 Å². The van der Waals surface area contributed by atoms with Crippen LogP contribution in [0.25, 0.3) is 22.0 Å². The first-order valence-corrected chi connectivity index (χ1v) is 14.1. The molecular weight excluding hydrogens is 516 g/mol. The average molecular weight is 549 g/mol. The van der Waals surface area contributed by atoms with Gasteiger partial charge in [0.15, 0.2) is 0 Å². The number of pyridine rings is 1. The van der Waals surface area contributed by atoms with Gasteiger partial charge in [0, 0.05) is 58.7 Å². The number of hydrogen-bond donors (Lipinski definition) is 3. The molecule has 2 aliphatic rings. The van der Waals surface area contributed by atoms with Gasteiger partial charge in [0.2, 0.25) is 0 Å². The molecule has 3 aromatic heterocycles. The molecular formula is C31H32N8O2. The van der Waals surface area contributed by atoms with Gasteiger partial charge in [0.05, 0.1) is 30.6 Å². The topological polar surface area (TPSA) is 113 Å². The van der Waals surface area contributed by atoms with Gasteiger partial charge in [-0.25, -0.2) is 4.98 Å². The van der Waals surface area contributed by atoms with Crippen LogP contribution in [0.15, 0.2) is 67.3 Å². The molecule has 41 heavy (non-hydrogen) atoms. The Morgan fingerprint density at radius 2 is 2.02 bits per heavy atom. The normalized spacial score (nSPS) is 15.5. The molecule has 0 bridgehead atoms. The SMILES string of the molecule is CN1CCC(n2ncc3cc(C(=O)Nc4cccc(CNc5ncc(-c6cn[nH]c6)c6c5CCO6)c4)ccc32)CC1. The summed E-state index contributed by atoms with van der Waals surface area (Å²) in [5, 5.41) is 19.1. The van der Waals surface area contributed by atoms with E-state index < -0.39 is 0 Å². The summed E-state index contributed by atoms with van der Waals surface area (Å²) in [6.07, 6.45) is 10.3. The minimum Gasteiger partial charge on any atom is -0.492 e. The quantitative estimate of drug-likeness (QED) is 0.266. The number of benzene rings is 2. The Morgan fingerprint density at radius 1 is 1.12 bits per heavy atom. The molecule has 1 fully saturated rings. The molecule has 3 N–H and O–H groups in total. The fraction of sp³-hybridized carbons (Fsp3) is 0.290. The zero-order valence-corrected chi connectivity index (χ0v) is 22.9. The molecule has 5 heterocycles. The number of nitrogens with one attached hydrogen (secondary N) is 3. The van der Waals surface area contributed by atoms with Gasteiger partial charge in [-0.3, -0.25) is 14.6 Å². The minimum atomic E-state index is -0.143. The van der Waals surface area contributed by atoms with Crippen molar-refractivity contribution in [1.82, 2.24) is 29.9 Å². The van der Waals surface area contributed by atoms with E-state index in [1.807, 2.05) is 61.1 Å². The summed E-state index contributed by atoms with van der Waals surface area (Å²) in [7, 11) is 2.16. The number of rotatable bonds is 7. The number of fused-ring (bicyclic) bond motifs is 2. The third-order valence-electron chi connectivity index (χ3n) is 8.07. The number of amides is 1. The van der Waals surface area contributed by atoms with E-state index in [1.54, 1.807) is 6.20 Å². The Hall–Kier alpha value is -4.70. The molecule has 10 heteroatoms. The zero-order valence-electron chi connectivity index (χ0n) is 22.9. The lowest BCUT2D eigenvalue weighted by Crippen LogP contribution is -2.31. The van der Waals surface area contributed by atoms with Gasteiger partial charge in [-0.15, -0.1) is 0 Å². The standard InChI is InChI=1S/C31H32N8O2/c1-38-10-7-25(8-11-38)39-28-6-5-21(14-22(28)18-36-39)31(40)37-24-4-2-3-20(13-24)15-32-30-26-9-12-41-29(26)27(19-33-30)23-16-34-35-17-23/h2-6,13-14,16-19,25H,7-12,15H2,1H3,(H,32,33)(H,34,35)(H,37,40). The summed E-state index contributed by atoms with van der Waals surface area (Å²) in [4.78, 5) is 20.2. The van der Waals surface area contributed by atoms with Gasteiger partial charge in [0.1, 0.15) is 11.6 Å². The van der Waals surface area contributed by atoms with Crippen LogP contribution in [0.5, 0.6) is 5.75 Å². The number of hydrogen-bond acceptors (Lipinski definition) is 7. The minimum absolute atomic E-state index is 0.143. The van der Waals surface area contributed by atoms with Crippen molar-refractivity contribution in [3.63, 3.8) is 0 Å². The van der Waals surface area contributed by atoms with E-state index in [-0.39, 0.29) is 5.91 Å². The van der Waals surface area contributed by atoms with E-state index in [1.165, 1.54) is 0 Å². The number of aromatic nitrogens is 5. The summed E-state index contributed by atoms with van der Waals surface area (Å²) < 4.78 is 8.06. The van der Waals surface area contributed by atoms with Crippen molar-refractivity contribution in [2.75, 3.05) is 37.4 Å². The molecule has 1 amide bonds. The molecule has 208 valence electrons. The molecule has 1 saturated heterocycles. The number of carbonyl (C=O) groups is 1. The third-order valence-corrected chi connectivity index (χ3v) is 8.07. The second kappa shape index (κ2) is 10.7. The highest BCUT2D eigenvalue weighted by molar-refractivity contribution is 6.06. The summed E-state index contributed by atoms with van der Waals surface area (Å²) in [6.45, 7) is 3.35. The zero-order chi connectivity index (χ0) is 27.8. The molecule has 7 rings (SSSR count). The van der Waals surface area contributed by atoms with Crippen molar-refractivity contribution in [3.05, 3.63) is 83.9 Å². The summed E-state index contributed by atoms with van der Waals surface area (Å²) in [6, 6.07) is 14.1. The number of nitrogens with zero attached hydrogens (tertiary/aromatic N) is 5. The van der Waals surface area contributed by atoms with E-state index in [9.17, 15) is 4.79 Å². The number of carbonyl (C=O) groups excluding carboxylic acids is 1. The van der Waals surface area contributed by atoms with Gasteiger partial charge in [-0.05, 0) is 68.9 Å². The van der Waals surface area contributed by atoms with Crippen molar-refractivity contribution < 1.29 is 9.53 Å². The Kier molecular flexibility index (Phi) is 6.60. The number of likely N-dealkylation sites (tertiary alicyclic amines) is 1. The molecule has 5 aromatic rings. The van der Waals surface area contributed by atoms with Crippen LogP contribution in [0.3, 0.4) is 0 Å². The molecule has 10 nitrogen and oxygen atoms in total. The van der Waals surface area contributed by atoms with Gasteiger partial charge in [-0.1, -0.05) is 12.1 Å². The summed E-state index contributed by atoms with van der Waals surface area (Å²) >= 11 is 0. The lowest BCUT2D eigenvalue weighted by Gasteiger charge is -2.29. The number of ether oxygens (including phenoxy) is 1. The van der Waals surface area contributed by atoms with Gasteiger partial charge in [-0.2, -0.15) is 10.2 Å². The average Bonchev–Trinajstić information content (AvgIpc) is 3.78. The van der Waals surface area contributed by atoms with Crippen LogP contribution in [0.2, 0.25) is 0 Å². The first-order chi connectivity index (χ1) is 20.1. The van der Waals surface area contributed by atoms with Crippen molar-refractivity contribution >= 4 is 28.3 Å². The maximum absolute atomic E-state index is 13.2. The number of aromatic amines is 1. The fourth-order valence-electron chi connectivity index (χ4n) is 5.82. The number of H-pyrrole nitrogens is 1. The van der Waals surface area contributed by atoms with E-state index in [4.69, 9.17) is 4.74 Å². The van der Waals surface area contributed by atoms with Gasteiger partial charge < -0.3 is 20.3 Å². The van der Waals surface area contributed by atoms with Crippen molar-refractivity contribution in [2.24, 2.45) is 0 Å². The lowest BCUT2D eigenvalue weighted by molar-refractivity contribution is 0.102. The van der Waals surface area contributed by atoms with Gasteiger partial charge in [0.25, 0.3) is 5.91 Å². The van der Waals surface area contributed by atoms with Crippen LogP contribution >= 0.6 is 0 Å². The van der Waals surface area contributed by atoms with E-state index >= 15 is 0 Å². The third kappa shape index (κ3) is 5.02. The largest absolute Gasteiger partial charge is 0.492 e. The van der Waals surface area contributed by atoms with Crippen molar-refractivity contribution in [3.8, 4) is 16.9 Å². The van der Waals surface area contributed by atoms with Crippen LogP contribution in [0.1, 0.15) is 40.4 Å². The molecule has 0 spiro atoms. The molecule has 0 unspecified atom stereocenters. The highest BCUT2D eigenvalue weighted by Crippen LogP contribution is 2.39. The highest BCUT2D eigenvalue weighted by atomic mass is 16.5. The van der Waals surface area contributed by atoms with E-state index in [0.717, 1.165) is 82.8 Å². The van der Waals surface area contributed by atoms with Gasteiger partial charge >= 0.3 is 0 Å². The molecule has 2 aliphatic heterocycles. The summed E-state index contributed by atoms with van der Waals surface area (Å²) in [5.74, 6) is 1.53. The van der Waals surface area contributed by atoms with Crippen LogP contribution < -0.4 is 15.4 Å². The van der Waals surface area contributed by atoms with E-state index in [2.05, 4.69) is 47.5 Å². The fourth-order valence-corrected chi connectivity index (χ4v) is 5.82.